The second kappa shape index (κ2) is 5.22. The molecule has 1 fully saturated rings. The third-order valence-electron chi connectivity index (χ3n) is 4.19. The van der Waals surface area contributed by atoms with Gasteiger partial charge in [0.2, 0.25) is 5.89 Å². The van der Waals surface area contributed by atoms with Gasteiger partial charge in [0.15, 0.2) is 11.6 Å². The summed E-state index contributed by atoms with van der Waals surface area (Å²) in [5, 5.41) is 12.1. The van der Waals surface area contributed by atoms with E-state index in [4.69, 9.17) is 4.52 Å². The summed E-state index contributed by atoms with van der Waals surface area (Å²) >= 11 is 0. The molecule has 2 aromatic heterocycles. The minimum atomic E-state index is 0.389. The van der Waals surface area contributed by atoms with Gasteiger partial charge in [-0.1, -0.05) is 12.1 Å². The lowest BCUT2D eigenvalue weighted by Gasteiger charge is -2.22. The van der Waals surface area contributed by atoms with Gasteiger partial charge in [0, 0.05) is 24.8 Å². The van der Waals surface area contributed by atoms with Crippen LogP contribution in [0, 0.1) is 0 Å². The fourth-order valence-electron chi connectivity index (χ4n) is 2.76. The smallest absolute Gasteiger partial charge is 0.240 e. The van der Waals surface area contributed by atoms with Gasteiger partial charge in [-0.05, 0) is 19.3 Å². The molecule has 1 aliphatic carbocycles. The van der Waals surface area contributed by atoms with Gasteiger partial charge in [-0.15, -0.1) is 0 Å². The molecule has 0 spiro atoms. The molecule has 0 unspecified atom stereocenters. The first-order chi connectivity index (χ1) is 10.3. The molecule has 0 saturated heterocycles. The van der Waals surface area contributed by atoms with Crippen molar-refractivity contribution in [2.45, 2.75) is 64.1 Å². The van der Waals surface area contributed by atoms with Crippen molar-refractivity contribution in [3.8, 4) is 0 Å². The van der Waals surface area contributed by atoms with Crippen molar-refractivity contribution in [3.63, 3.8) is 0 Å². The van der Waals surface area contributed by atoms with Crippen molar-refractivity contribution in [1.29, 1.82) is 0 Å². The summed E-state index contributed by atoms with van der Waals surface area (Å²) in [4.78, 5) is 8.98. The van der Waals surface area contributed by atoms with Gasteiger partial charge in [-0.3, -0.25) is 0 Å². The summed E-state index contributed by atoms with van der Waals surface area (Å²) in [6, 6.07) is 0.389. The van der Waals surface area contributed by atoms with E-state index in [1.807, 2.05) is 4.68 Å². The number of nitrogens with zero attached hydrogens (tertiary/aromatic N) is 5. The van der Waals surface area contributed by atoms with Crippen molar-refractivity contribution >= 4 is 0 Å². The molecule has 112 valence electrons. The van der Waals surface area contributed by atoms with Gasteiger partial charge < -0.3 is 9.84 Å². The van der Waals surface area contributed by atoms with Crippen LogP contribution < -0.4 is 5.32 Å². The van der Waals surface area contributed by atoms with Crippen molar-refractivity contribution < 1.29 is 4.52 Å². The lowest BCUT2D eigenvalue weighted by Crippen LogP contribution is -2.37. The Hall–Kier alpha value is -1.76. The minimum absolute atomic E-state index is 0.389. The molecular weight excluding hydrogens is 268 g/mol. The molecule has 21 heavy (non-hydrogen) atoms. The molecule has 4 rings (SSSR count). The van der Waals surface area contributed by atoms with Gasteiger partial charge in [0.25, 0.3) is 0 Å². The zero-order valence-electron chi connectivity index (χ0n) is 12.2. The van der Waals surface area contributed by atoms with E-state index < -0.39 is 0 Å². The average Bonchev–Trinajstić information content (AvgIpc) is 3.11. The van der Waals surface area contributed by atoms with E-state index in [1.54, 1.807) is 0 Å². The third kappa shape index (κ3) is 2.70. The molecule has 1 saturated carbocycles. The van der Waals surface area contributed by atoms with E-state index in [0.29, 0.717) is 24.4 Å². The molecular formula is C14H20N6O. The first-order valence-corrected chi connectivity index (χ1v) is 7.80. The van der Waals surface area contributed by atoms with E-state index >= 15 is 0 Å². The molecule has 2 aliphatic rings. The number of fused-ring (bicyclic) bond motifs is 1. The molecule has 1 atom stereocenters. The molecule has 7 heteroatoms. The summed E-state index contributed by atoms with van der Waals surface area (Å²) in [6.45, 7) is 3.59. The Morgan fingerprint density at radius 3 is 3.00 bits per heavy atom. The van der Waals surface area contributed by atoms with Crippen molar-refractivity contribution in [2.75, 3.05) is 0 Å². The molecule has 1 N–H and O–H groups in total. The molecule has 0 amide bonds. The SMILES string of the molecule is CCc1nc2n(n1)C[C@@H](NCc1nc(C3CC3)no1)CC2. The van der Waals surface area contributed by atoms with Gasteiger partial charge in [-0.25, -0.2) is 9.67 Å². The third-order valence-corrected chi connectivity index (χ3v) is 4.19. The van der Waals surface area contributed by atoms with Crippen LogP contribution in [-0.4, -0.2) is 30.9 Å². The van der Waals surface area contributed by atoms with Crippen molar-refractivity contribution in [1.82, 2.24) is 30.2 Å². The summed E-state index contributed by atoms with van der Waals surface area (Å²) in [7, 11) is 0. The maximum Gasteiger partial charge on any atom is 0.240 e. The second-order valence-electron chi connectivity index (χ2n) is 5.92. The van der Waals surface area contributed by atoms with Crippen LogP contribution in [0.25, 0.3) is 0 Å². The van der Waals surface area contributed by atoms with E-state index in [1.165, 1.54) is 12.8 Å². The maximum atomic E-state index is 5.29. The molecule has 3 heterocycles. The maximum absolute atomic E-state index is 5.29. The summed E-state index contributed by atoms with van der Waals surface area (Å²) in [5.41, 5.74) is 0. The summed E-state index contributed by atoms with van der Waals surface area (Å²) < 4.78 is 7.32. The van der Waals surface area contributed by atoms with Gasteiger partial charge >= 0.3 is 0 Å². The van der Waals surface area contributed by atoms with E-state index in [2.05, 4.69) is 32.5 Å². The predicted octanol–water partition coefficient (Wildman–Crippen LogP) is 1.21. The monoisotopic (exact) mass is 288 g/mol. The first-order valence-electron chi connectivity index (χ1n) is 7.80. The molecule has 0 bridgehead atoms. The molecule has 2 aromatic rings. The van der Waals surface area contributed by atoms with Crippen LogP contribution in [0.3, 0.4) is 0 Å². The molecule has 0 aromatic carbocycles. The van der Waals surface area contributed by atoms with E-state index in [-0.39, 0.29) is 0 Å². The van der Waals surface area contributed by atoms with Crippen molar-refractivity contribution in [2.24, 2.45) is 0 Å². The quantitative estimate of drug-likeness (QED) is 0.890. The standard InChI is InChI=1S/C14H20N6O/c1-2-11-16-12-6-5-10(8-20(12)18-11)15-7-13-17-14(19-21-13)9-3-4-9/h9-10,15H,2-8H2,1H3/t10-/m0/s1. The summed E-state index contributed by atoms with van der Waals surface area (Å²) in [6.07, 6.45) is 5.34. The average molecular weight is 288 g/mol. The van der Waals surface area contributed by atoms with E-state index in [9.17, 15) is 0 Å². The normalized spacial score (nSPS) is 21.5. The Morgan fingerprint density at radius 1 is 1.29 bits per heavy atom. The van der Waals surface area contributed by atoms with Crippen LogP contribution in [0.1, 0.15) is 55.5 Å². The number of hydrogen-bond acceptors (Lipinski definition) is 6. The number of aromatic nitrogens is 5. The van der Waals surface area contributed by atoms with Crippen LogP contribution in [0.5, 0.6) is 0 Å². The first kappa shape index (κ1) is 12.9. The Kier molecular flexibility index (Phi) is 3.21. The lowest BCUT2D eigenvalue weighted by atomic mass is 10.1. The molecule has 0 radical (unpaired) electrons. The van der Waals surface area contributed by atoms with Crippen LogP contribution >= 0.6 is 0 Å². The van der Waals surface area contributed by atoms with Crippen molar-refractivity contribution in [3.05, 3.63) is 23.4 Å². The Labute approximate surface area is 123 Å². The Balaban J connectivity index is 1.34. The number of hydrogen-bond donors (Lipinski definition) is 1. The lowest BCUT2D eigenvalue weighted by molar-refractivity contribution is 0.319. The highest BCUT2D eigenvalue weighted by Gasteiger charge is 2.29. The van der Waals surface area contributed by atoms with Gasteiger partial charge in [0.05, 0.1) is 13.1 Å². The summed E-state index contributed by atoms with van der Waals surface area (Å²) in [5.74, 6) is 4.16. The highest BCUT2D eigenvalue weighted by molar-refractivity contribution is 5.03. The molecule has 1 aliphatic heterocycles. The predicted molar refractivity (Wildman–Crippen MR) is 74.6 cm³/mol. The number of aryl methyl sites for hydroxylation is 2. The van der Waals surface area contributed by atoms with Crippen LogP contribution in [-0.2, 0) is 25.9 Å². The minimum Gasteiger partial charge on any atom is -0.338 e. The highest BCUT2D eigenvalue weighted by Crippen LogP contribution is 2.38. The number of rotatable bonds is 5. The topological polar surface area (TPSA) is 81.7 Å². The van der Waals surface area contributed by atoms with Gasteiger partial charge in [-0.2, -0.15) is 10.1 Å². The zero-order chi connectivity index (χ0) is 14.2. The van der Waals surface area contributed by atoms with Crippen LogP contribution in [0.4, 0.5) is 0 Å². The Morgan fingerprint density at radius 2 is 2.19 bits per heavy atom. The zero-order valence-corrected chi connectivity index (χ0v) is 12.2. The second-order valence-corrected chi connectivity index (χ2v) is 5.92. The Bertz CT molecular complexity index is 629. The molecule has 7 nitrogen and oxygen atoms in total. The van der Waals surface area contributed by atoms with E-state index in [0.717, 1.165) is 43.3 Å². The fourth-order valence-corrected chi connectivity index (χ4v) is 2.76. The van der Waals surface area contributed by atoms with Crippen LogP contribution in [0.15, 0.2) is 4.52 Å². The fraction of sp³-hybridized carbons (Fsp3) is 0.714. The van der Waals surface area contributed by atoms with Gasteiger partial charge in [0.1, 0.15) is 5.82 Å². The van der Waals surface area contributed by atoms with Crippen LogP contribution in [0.2, 0.25) is 0 Å². The number of nitrogens with one attached hydrogen (secondary N) is 1. The highest BCUT2D eigenvalue weighted by atomic mass is 16.5. The largest absolute Gasteiger partial charge is 0.338 e.